The highest BCUT2D eigenvalue weighted by Crippen LogP contribution is 2.41. The van der Waals surface area contributed by atoms with Gasteiger partial charge in [-0.3, -0.25) is 0 Å². The van der Waals surface area contributed by atoms with Crippen LogP contribution in [0.5, 0.6) is 0 Å². The molecule has 0 atom stereocenters. The van der Waals surface area contributed by atoms with Gasteiger partial charge in [0.1, 0.15) is 5.82 Å². The Labute approximate surface area is 114 Å². The van der Waals surface area contributed by atoms with Gasteiger partial charge in [0.25, 0.3) is 0 Å². The lowest BCUT2D eigenvalue weighted by molar-refractivity contribution is 0.302. The van der Waals surface area contributed by atoms with Crippen LogP contribution >= 0.6 is 0 Å². The van der Waals surface area contributed by atoms with Crippen LogP contribution in [-0.2, 0) is 12.5 Å². The summed E-state index contributed by atoms with van der Waals surface area (Å²) in [5, 5.41) is 0. The molecular weight excluding hydrogens is 234 g/mol. The molecule has 0 unspecified atom stereocenters. The van der Waals surface area contributed by atoms with Crippen molar-refractivity contribution in [3.8, 4) is 0 Å². The van der Waals surface area contributed by atoms with E-state index in [1.165, 1.54) is 43.2 Å². The fourth-order valence-corrected chi connectivity index (χ4v) is 3.57. The number of aromatic nitrogens is 2. The third-order valence-electron chi connectivity index (χ3n) is 4.91. The van der Waals surface area contributed by atoms with Crippen molar-refractivity contribution < 1.29 is 0 Å². The molecule has 1 heterocycles. The van der Waals surface area contributed by atoms with Crippen LogP contribution in [0.4, 0.5) is 0 Å². The van der Waals surface area contributed by atoms with Crippen LogP contribution in [0.3, 0.4) is 0 Å². The number of fused-ring (bicyclic) bond motifs is 1. The van der Waals surface area contributed by atoms with Crippen LogP contribution in [0.15, 0.2) is 18.2 Å². The fraction of sp³-hybridized carbons (Fsp3) is 0.562. The first-order valence-corrected chi connectivity index (χ1v) is 7.30. The second kappa shape index (κ2) is 4.64. The Hall–Kier alpha value is -1.35. The molecular formula is C16H23N3. The van der Waals surface area contributed by atoms with E-state index >= 15 is 0 Å². The van der Waals surface area contributed by atoms with Gasteiger partial charge >= 0.3 is 0 Å². The van der Waals surface area contributed by atoms with Crippen molar-refractivity contribution in [1.82, 2.24) is 9.55 Å². The number of rotatable bonds is 2. The van der Waals surface area contributed by atoms with Crippen molar-refractivity contribution in [2.45, 2.75) is 44.4 Å². The smallest absolute Gasteiger partial charge is 0.106 e. The van der Waals surface area contributed by atoms with E-state index < -0.39 is 0 Å². The third kappa shape index (κ3) is 1.88. The second-order valence-electron chi connectivity index (χ2n) is 5.94. The van der Waals surface area contributed by atoms with Crippen molar-refractivity contribution in [3.63, 3.8) is 0 Å². The maximum absolute atomic E-state index is 6.17. The van der Waals surface area contributed by atoms with Gasteiger partial charge in [0.05, 0.1) is 11.0 Å². The van der Waals surface area contributed by atoms with Crippen molar-refractivity contribution in [2.75, 3.05) is 6.54 Å². The van der Waals surface area contributed by atoms with Gasteiger partial charge in [-0.25, -0.2) is 4.98 Å². The summed E-state index contributed by atoms with van der Waals surface area (Å²) in [5.74, 6) is 1.07. The Morgan fingerprint density at radius 2 is 2.00 bits per heavy atom. The van der Waals surface area contributed by atoms with Crippen molar-refractivity contribution >= 4 is 11.0 Å². The number of imidazole rings is 1. The highest BCUT2D eigenvalue weighted by atomic mass is 15.1. The fourth-order valence-electron chi connectivity index (χ4n) is 3.57. The molecule has 1 aliphatic carbocycles. The van der Waals surface area contributed by atoms with Crippen LogP contribution in [0, 0.1) is 6.92 Å². The minimum Gasteiger partial charge on any atom is -0.331 e. The molecule has 0 saturated heterocycles. The normalized spacial score (nSPS) is 18.9. The SMILES string of the molecule is Cc1nc2c(C3(CN)CCCCC3)cccc2n1C. The van der Waals surface area contributed by atoms with Gasteiger partial charge in [0.2, 0.25) is 0 Å². The van der Waals surface area contributed by atoms with Crippen LogP contribution < -0.4 is 5.73 Å². The Bertz CT molecular complexity index is 591. The van der Waals surface area contributed by atoms with Crippen LogP contribution in [0.25, 0.3) is 11.0 Å². The summed E-state index contributed by atoms with van der Waals surface area (Å²) in [5.41, 5.74) is 10.1. The standard InChI is InChI=1S/C16H23N3/c1-12-18-15-13(7-6-8-14(15)19(12)2)16(11-17)9-4-3-5-10-16/h6-8H,3-5,9-11,17H2,1-2H3. The lowest BCUT2D eigenvalue weighted by Crippen LogP contribution is -2.37. The van der Waals surface area contributed by atoms with Gasteiger partial charge in [-0.05, 0) is 31.4 Å². The molecule has 1 aromatic carbocycles. The quantitative estimate of drug-likeness (QED) is 0.898. The van der Waals surface area contributed by atoms with E-state index in [-0.39, 0.29) is 5.41 Å². The van der Waals surface area contributed by atoms with Gasteiger partial charge in [-0.15, -0.1) is 0 Å². The Morgan fingerprint density at radius 1 is 1.26 bits per heavy atom. The van der Waals surface area contributed by atoms with E-state index in [1.54, 1.807) is 0 Å². The van der Waals surface area contributed by atoms with Gasteiger partial charge in [0, 0.05) is 19.0 Å². The summed E-state index contributed by atoms with van der Waals surface area (Å²) in [4.78, 5) is 4.79. The van der Waals surface area contributed by atoms with Gasteiger partial charge in [-0.2, -0.15) is 0 Å². The first-order chi connectivity index (χ1) is 9.18. The zero-order chi connectivity index (χ0) is 13.5. The monoisotopic (exact) mass is 257 g/mol. The summed E-state index contributed by atoms with van der Waals surface area (Å²) in [6, 6.07) is 6.56. The predicted octanol–water partition coefficient (Wildman–Crippen LogP) is 3.04. The van der Waals surface area contributed by atoms with Gasteiger partial charge < -0.3 is 10.3 Å². The molecule has 3 nitrogen and oxygen atoms in total. The van der Waals surface area contributed by atoms with E-state index in [0.717, 1.165) is 17.9 Å². The lowest BCUT2D eigenvalue weighted by atomic mass is 9.69. The first kappa shape index (κ1) is 12.7. The van der Waals surface area contributed by atoms with E-state index in [0.29, 0.717) is 0 Å². The molecule has 102 valence electrons. The molecule has 0 spiro atoms. The summed E-state index contributed by atoms with van der Waals surface area (Å²) in [6.07, 6.45) is 6.34. The molecule has 2 N–H and O–H groups in total. The number of hydrogen-bond acceptors (Lipinski definition) is 2. The summed E-state index contributed by atoms with van der Waals surface area (Å²) in [7, 11) is 2.09. The summed E-state index contributed by atoms with van der Waals surface area (Å²) in [6.45, 7) is 2.81. The maximum Gasteiger partial charge on any atom is 0.106 e. The molecule has 1 saturated carbocycles. The Balaban J connectivity index is 2.21. The topological polar surface area (TPSA) is 43.8 Å². The number of benzene rings is 1. The Kier molecular flexibility index (Phi) is 3.09. The maximum atomic E-state index is 6.17. The van der Waals surface area contributed by atoms with E-state index in [4.69, 9.17) is 10.7 Å². The molecule has 0 amide bonds. The van der Waals surface area contributed by atoms with Crippen molar-refractivity contribution in [1.29, 1.82) is 0 Å². The van der Waals surface area contributed by atoms with Crippen LogP contribution in [0.1, 0.15) is 43.5 Å². The number of nitrogens with zero attached hydrogens (tertiary/aromatic N) is 2. The highest BCUT2D eigenvalue weighted by molar-refractivity contribution is 5.81. The number of para-hydroxylation sites is 1. The molecule has 1 fully saturated rings. The Morgan fingerprint density at radius 3 is 2.68 bits per heavy atom. The molecule has 3 rings (SSSR count). The minimum atomic E-state index is 0.151. The second-order valence-corrected chi connectivity index (χ2v) is 5.94. The lowest BCUT2D eigenvalue weighted by Gasteiger charge is -2.37. The van der Waals surface area contributed by atoms with E-state index in [2.05, 4.69) is 36.7 Å². The molecule has 0 bridgehead atoms. The van der Waals surface area contributed by atoms with Crippen molar-refractivity contribution in [3.05, 3.63) is 29.6 Å². The van der Waals surface area contributed by atoms with Crippen LogP contribution in [0.2, 0.25) is 0 Å². The summed E-state index contributed by atoms with van der Waals surface area (Å²) >= 11 is 0. The highest BCUT2D eigenvalue weighted by Gasteiger charge is 2.34. The molecule has 0 aliphatic heterocycles. The van der Waals surface area contributed by atoms with Gasteiger partial charge in [-0.1, -0.05) is 31.4 Å². The average molecular weight is 257 g/mol. The zero-order valence-corrected chi connectivity index (χ0v) is 11.9. The van der Waals surface area contributed by atoms with Crippen LogP contribution in [-0.4, -0.2) is 16.1 Å². The molecule has 3 heteroatoms. The molecule has 2 aromatic rings. The third-order valence-corrected chi connectivity index (χ3v) is 4.91. The van der Waals surface area contributed by atoms with E-state index in [1.807, 2.05) is 0 Å². The number of hydrogen-bond donors (Lipinski definition) is 1. The zero-order valence-electron chi connectivity index (χ0n) is 11.9. The van der Waals surface area contributed by atoms with Crippen molar-refractivity contribution in [2.24, 2.45) is 12.8 Å². The largest absolute Gasteiger partial charge is 0.331 e. The predicted molar refractivity (Wildman–Crippen MR) is 79.3 cm³/mol. The molecule has 1 aromatic heterocycles. The van der Waals surface area contributed by atoms with E-state index in [9.17, 15) is 0 Å². The number of aryl methyl sites for hydroxylation is 2. The number of nitrogens with two attached hydrogens (primary N) is 1. The van der Waals surface area contributed by atoms with Gasteiger partial charge in [0.15, 0.2) is 0 Å². The average Bonchev–Trinajstić information content (AvgIpc) is 2.75. The minimum absolute atomic E-state index is 0.151. The molecule has 1 aliphatic rings. The first-order valence-electron chi connectivity index (χ1n) is 7.30. The summed E-state index contributed by atoms with van der Waals surface area (Å²) < 4.78 is 2.17. The molecule has 0 radical (unpaired) electrons. The molecule has 19 heavy (non-hydrogen) atoms.